The van der Waals surface area contributed by atoms with Gasteiger partial charge in [0.2, 0.25) is 0 Å². The van der Waals surface area contributed by atoms with Crippen molar-refractivity contribution in [2.75, 3.05) is 0 Å². The number of imidazole rings is 2. The Hall–Kier alpha value is -4.78. The maximum Gasteiger partial charge on any atom is 0.251 e. The van der Waals surface area contributed by atoms with Gasteiger partial charge < -0.3 is 15.3 Å². The van der Waals surface area contributed by atoms with Crippen molar-refractivity contribution in [3.63, 3.8) is 0 Å². The molecule has 0 bridgehead atoms. The van der Waals surface area contributed by atoms with Crippen LogP contribution in [0.2, 0.25) is 0 Å². The minimum atomic E-state index is -0.298. The first-order valence-electron chi connectivity index (χ1n) is 12.0. The fourth-order valence-corrected chi connectivity index (χ4v) is 4.37. The van der Waals surface area contributed by atoms with Gasteiger partial charge in [-0.3, -0.25) is 4.79 Å². The normalized spacial score (nSPS) is 11.3. The third-order valence-electron chi connectivity index (χ3n) is 6.64. The predicted octanol–water partition coefficient (Wildman–Crippen LogP) is 6.46. The van der Waals surface area contributed by atoms with Crippen molar-refractivity contribution in [2.24, 2.45) is 0 Å². The molecular weight excluding hydrogens is 465 g/mol. The highest BCUT2D eigenvalue weighted by Gasteiger charge is 2.11. The summed E-state index contributed by atoms with van der Waals surface area (Å²) >= 11 is 0. The van der Waals surface area contributed by atoms with E-state index < -0.39 is 0 Å². The zero-order valence-corrected chi connectivity index (χ0v) is 20.4. The van der Waals surface area contributed by atoms with Crippen molar-refractivity contribution < 1.29 is 9.18 Å². The van der Waals surface area contributed by atoms with Gasteiger partial charge in [-0.25, -0.2) is 14.4 Å². The summed E-state index contributed by atoms with van der Waals surface area (Å²) in [4.78, 5) is 28.7. The molecule has 0 unspecified atom stereocenters. The molecule has 4 aromatic carbocycles. The Bertz CT molecular complexity index is 1730. The summed E-state index contributed by atoms with van der Waals surface area (Å²) in [6, 6.07) is 23.7. The van der Waals surface area contributed by atoms with Crippen molar-refractivity contribution in [3.8, 4) is 22.8 Å². The first kappa shape index (κ1) is 22.7. The van der Waals surface area contributed by atoms with Gasteiger partial charge in [-0.05, 0) is 85.1 Å². The SMILES string of the molecule is Cc1cc2nc(-c3ccc(CNC(=O)c4ccc5nc(-c6ccc(F)cc6)[nH]c5c4)cc3)[nH]c2cc1C. The van der Waals surface area contributed by atoms with Crippen LogP contribution in [0.25, 0.3) is 44.8 Å². The first-order valence-corrected chi connectivity index (χ1v) is 12.0. The van der Waals surface area contributed by atoms with Gasteiger partial charge in [0, 0.05) is 23.2 Å². The van der Waals surface area contributed by atoms with Crippen LogP contribution in [-0.4, -0.2) is 25.8 Å². The van der Waals surface area contributed by atoms with E-state index >= 15 is 0 Å². The van der Waals surface area contributed by atoms with E-state index in [1.54, 1.807) is 30.3 Å². The van der Waals surface area contributed by atoms with Crippen LogP contribution in [0.4, 0.5) is 4.39 Å². The number of benzene rings is 4. The van der Waals surface area contributed by atoms with E-state index in [0.29, 0.717) is 17.9 Å². The molecule has 3 N–H and O–H groups in total. The molecule has 37 heavy (non-hydrogen) atoms. The third-order valence-corrected chi connectivity index (χ3v) is 6.64. The van der Waals surface area contributed by atoms with Gasteiger partial charge in [-0.2, -0.15) is 0 Å². The lowest BCUT2D eigenvalue weighted by molar-refractivity contribution is 0.0951. The number of aryl methyl sites for hydroxylation is 2. The Morgan fingerprint density at radius 3 is 2.05 bits per heavy atom. The van der Waals surface area contributed by atoms with Gasteiger partial charge in [0.15, 0.2) is 0 Å². The Morgan fingerprint density at radius 1 is 0.757 bits per heavy atom. The number of aromatic nitrogens is 4. The molecule has 2 aromatic heterocycles. The summed E-state index contributed by atoms with van der Waals surface area (Å²) in [7, 11) is 0. The van der Waals surface area contributed by atoms with Gasteiger partial charge in [0.25, 0.3) is 5.91 Å². The number of fused-ring (bicyclic) bond motifs is 2. The molecule has 0 saturated heterocycles. The van der Waals surface area contributed by atoms with Crippen LogP contribution in [0.15, 0.2) is 78.9 Å². The molecule has 2 heterocycles. The highest BCUT2D eigenvalue weighted by Crippen LogP contribution is 2.24. The van der Waals surface area contributed by atoms with Crippen LogP contribution < -0.4 is 5.32 Å². The maximum atomic E-state index is 13.2. The largest absolute Gasteiger partial charge is 0.348 e. The molecule has 7 heteroatoms. The molecule has 6 aromatic rings. The van der Waals surface area contributed by atoms with Gasteiger partial charge in [0.1, 0.15) is 17.5 Å². The number of hydrogen-bond acceptors (Lipinski definition) is 3. The second-order valence-corrected chi connectivity index (χ2v) is 9.24. The first-order chi connectivity index (χ1) is 17.9. The number of halogens is 1. The van der Waals surface area contributed by atoms with Gasteiger partial charge >= 0.3 is 0 Å². The van der Waals surface area contributed by atoms with Crippen LogP contribution in [-0.2, 0) is 6.54 Å². The van der Waals surface area contributed by atoms with Crippen molar-refractivity contribution in [1.82, 2.24) is 25.3 Å². The summed E-state index contributed by atoms with van der Waals surface area (Å²) in [5, 5.41) is 2.98. The van der Waals surface area contributed by atoms with Crippen LogP contribution in [0, 0.1) is 19.7 Å². The predicted molar refractivity (Wildman–Crippen MR) is 144 cm³/mol. The third kappa shape index (κ3) is 4.47. The average Bonchev–Trinajstić information content (AvgIpc) is 3.52. The van der Waals surface area contributed by atoms with Crippen LogP contribution in [0.3, 0.4) is 0 Å². The van der Waals surface area contributed by atoms with E-state index in [4.69, 9.17) is 4.98 Å². The van der Waals surface area contributed by atoms with E-state index in [1.165, 1.54) is 23.3 Å². The molecule has 6 nitrogen and oxygen atoms in total. The Labute approximate surface area is 212 Å². The lowest BCUT2D eigenvalue weighted by Gasteiger charge is -2.06. The molecule has 0 spiro atoms. The molecule has 0 aliphatic rings. The summed E-state index contributed by atoms with van der Waals surface area (Å²) < 4.78 is 13.2. The highest BCUT2D eigenvalue weighted by atomic mass is 19.1. The van der Waals surface area contributed by atoms with Crippen LogP contribution in [0.1, 0.15) is 27.0 Å². The molecule has 0 aliphatic carbocycles. The molecule has 0 fully saturated rings. The van der Waals surface area contributed by atoms with Crippen molar-refractivity contribution in [2.45, 2.75) is 20.4 Å². The van der Waals surface area contributed by atoms with Crippen molar-refractivity contribution >= 4 is 28.0 Å². The summed E-state index contributed by atoms with van der Waals surface area (Å²) in [5.41, 5.74) is 9.19. The highest BCUT2D eigenvalue weighted by molar-refractivity contribution is 5.97. The number of rotatable bonds is 5. The number of H-pyrrole nitrogens is 2. The molecular formula is C30H24FN5O. The molecule has 182 valence electrons. The van der Waals surface area contributed by atoms with E-state index in [2.05, 4.69) is 46.2 Å². The monoisotopic (exact) mass is 489 g/mol. The van der Waals surface area contributed by atoms with Crippen molar-refractivity contribution in [1.29, 1.82) is 0 Å². The maximum absolute atomic E-state index is 13.2. The quantitative estimate of drug-likeness (QED) is 0.260. The van der Waals surface area contributed by atoms with E-state index in [1.807, 2.05) is 24.3 Å². The molecule has 1 amide bonds. The fraction of sp³-hybridized carbons (Fsp3) is 0.100. The molecule has 0 atom stereocenters. The molecule has 0 aliphatic heterocycles. The standard InChI is InChI=1S/C30H24FN5O/c1-17-13-25-26(14-18(17)2)35-29(34-25)20-5-3-19(4-6-20)16-32-30(37)22-9-12-24-27(15-22)36-28(33-24)21-7-10-23(31)11-8-21/h3-15H,16H2,1-2H3,(H,32,37)(H,33,36)(H,34,35). The van der Waals surface area contributed by atoms with Crippen molar-refractivity contribution in [3.05, 3.63) is 107 Å². The summed E-state index contributed by atoms with van der Waals surface area (Å²) in [6.45, 7) is 4.58. The zero-order valence-electron chi connectivity index (χ0n) is 20.4. The van der Waals surface area contributed by atoms with Gasteiger partial charge in [-0.15, -0.1) is 0 Å². The van der Waals surface area contributed by atoms with Gasteiger partial charge in [-0.1, -0.05) is 24.3 Å². The van der Waals surface area contributed by atoms with Gasteiger partial charge in [0.05, 0.1) is 22.1 Å². The lowest BCUT2D eigenvalue weighted by atomic mass is 10.1. The van der Waals surface area contributed by atoms with E-state index in [-0.39, 0.29) is 11.7 Å². The topological polar surface area (TPSA) is 86.5 Å². The molecule has 0 radical (unpaired) electrons. The number of nitrogens with one attached hydrogen (secondary N) is 3. The number of hydrogen-bond donors (Lipinski definition) is 3. The number of aromatic amines is 2. The Morgan fingerprint density at radius 2 is 1.35 bits per heavy atom. The zero-order chi connectivity index (χ0) is 25.5. The second kappa shape index (κ2) is 9.02. The second-order valence-electron chi connectivity index (χ2n) is 9.24. The van der Waals surface area contributed by atoms with Crippen LogP contribution >= 0.6 is 0 Å². The summed E-state index contributed by atoms with van der Waals surface area (Å²) in [5.74, 6) is 0.978. The number of amides is 1. The average molecular weight is 490 g/mol. The van der Waals surface area contributed by atoms with E-state index in [0.717, 1.165) is 44.6 Å². The minimum Gasteiger partial charge on any atom is -0.348 e. The Kier molecular flexibility index (Phi) is 5.53. The molecule has 6 rings (SSSR count). The number of nitrogens with zero attached hydrogens (tertiary/aromatic N) is 2. The minimum absolute atomic E-state index is 0.174. The summed E-state index contributed by atoms with van der Waals surface area (Å²) in [6.07, 6.45) is 0. The van der Waals surface area contributed by atoms with E-state index in [9.17, 15) is 9.18 Å². The smallest absolute Gasteiger partial charge is 0.251 e. The van der Waals surface area contributed by atoms with Crippen LogP contribution in [0.5, 0.6) is 0 Å². The lowest BCUT2D eigenvalue weighted by Crippen LogP contribution is -2.22. The Balaban J connectivity index is 1.14. The number of carbonyl (C=O) groups is 1. The number of carbonyl (C=O) groups excluding carboxylic acids is 1. The molecule has 0 saturated carbocycles. The fourth-order valence-electron chi connectivity index (χ4n) is 4.37.